The smallest absolute Gasteiger partial charge is 0.0471 e. The van der Waals surface area contributed by atoms with Crippen LogP contribution in [0.15, 0.2) is 18.2 Å². The van der Waals surface area contributed by atoms with Crippen LogP contribution in [0, 0.1) is 12.3 Å². The largest absolute Gasteiger partial charge is 0.381 e. The zero-order chi connectivity index (χ0) is 12.3. The molecule has 1 heterocycles. The topological polar surface area (TPSA) is 35.2 Å². The number of benzene rings is 1. The summed E-state index contributed by atoms with van der Waals surface area (Å²) in [6, 6.07) is 6.27. The molecule has 94 valence electrons. The molecular weight excluding hydrogens is 234 g/mol. The lowest BCUT2D eigenvalue weighted by Gasteiger charge is -2.36. The zero-order valence-corrected chi connectivity index (χ0v) is 11.1. The molecular formula is C14H20ClNO. The van der Waals surface area contributed by atoms with Crippen LogP contribution in [-0.2, 0) is 11.2 Å². The Kier molecular flexibility index (Phi) is 4.08. The molecule has 0 spiro atoms. The van der Waals surface area contributed by atoms with Crippen LogP contribution in [0.1, 0.15) is 24.0 Å². The second kappa shape index (κ2) is 5.38. The Morgan fingerprint density at radius 3 is 2.65 bits per heavy atom. The lowest BCUT2D eigenvalue weighted by molar-refractivity contribution is 0.0191. The van der Waals surface area contributed by atoms with Crippen molar-refractivity contribution in [2.45, 2.75) is 26.2 Å². The number of halogens is 1. The van der Waals surface area contributed by atoms with Crippen molar-refractivity contribution in [1.29, 1.82) is 0 Å². The number of nitrogens with two attached hydrogens (primary N) is 1. The van der Waals surface area contributed by atoms with Gasteiger partial charge in [0.2, 0.25) is 0 Å². The van der Waals surface area contributed by atoms with Crippen LogP contribution in [0.2, 0.25) is 5.02 Å². The van der Waals surface area contributed by atoms with E-state index in [1.54, 1.807) is 0 Å². The minimum atomic E-state index is 0.178. The number of ether oxygens (including phenoxy) is 1. The summed E-state index contributed by atoms with van der Waals surface area (Å²) in [6.07, 6.45) is 3.04. The summed E-state index contributed by atoms with van der Waals surface area (Å²) >= 11 is 6.30. The highest BCUT2D eigenvalue weighted by molar-refractivity contribution is 6.31. The van der Waals surface area contributed by atoms with Gasteiger partial charge in [0.05, 0.1) is 0 Å². The van der Waals surface area contributed by atoms with E-state index in [1.165, 1.54) is 11.1 Å². The van der Waals surface area contributed by atoms with Gasteiger partial charge in [-0.2, -0.15) is 0 Å². The molecule has 2 rings (SSSR count). The Morgan fingerprint density at radius 2 is 2.06 bits per heavy atom. The van der Waals surface area contributed by atoms with Crippen molar-refractivity contribution in [3.8, 4) is 0 Å². The van der Waals surface area contributed by atoms with E-state index in [4.69, 9.17) is 22.1 Å². The van der Waals surface area contributed by atoms with E-state index in [9.17, 15) is 0 Å². The Balaban J connectivity index is 2.17. The van der Waals surface area contributed by atoms with Gasteiger partial charge in [-0.1, -0.05) is 23.7 Å². The third kappa shape index (κ3) is 3.01. The third-order valence-corrected chi connectivity index (χ3v) is 4.11. The van der Waals surface area contributed by atoms with E-state index < -0.39 is 0 Å². The Morgan fingerprint density at radius 1 is 1.35 bits per heavy atom. The fourth-order valence-electron chi connectivity index (χ4n) is 2.46. The fourth-order valence-corrected chi connectivity index (χ4v) is 2.76. The van der Waals surface area contributed by atoms with Crippen molar-refractivity contribution in [1.82, 2.24) is 0 Å². The second-order valence-corrected chi connectivity index (χ2v) is 5.50. The maximum Gasteiger partial charge on any atom is 0.0471 e. The Bertz CT molecular complexity index is 386. The third-order valence-electron chi connectivity index (χ3n) is 3.76. The van der Waals surface area contributed by atoms with Crippen molar-refractivity contribution in [3.05, 3.63) is 34.3 Å². The summed E-state index contributed by atoms with van der Waals surface area (Å²) in [7, 11) is 0. The molecule has 3 heteroatoms. The molecule has 1 fully saturated rings. The molecule has 1 aromatic carbocycles. The lowest BCUT2D eigenvalue weighted by Crippen LogP contribution is -2.38. The van der Waals surface area contributed by atoms with Gasteiger partial charge in [0.25, 0.3) is 0 Å². The van der Waals surface area contributed by atoms with Gasteiger partial charge in [-0.05, 0) is 55.3 Å². The van der Waals surface area contributed by atoms with Crippen LogP contribution in [0.3, 0.4) is 0 Å². The summed E-state index contributed by atoms with van der Waals surface area (Å²) in [5.41, 5.74) is 8.56. The highest BCUT2D eigenvalue weighted by atomic mass is 35.5. The second-order valence-electron chi connectivity index (χ2n) is 5.09. The molecule has 0 bridgehead atoms. The molecule has 2 N–H and O–H groups in total. The first-order valence-electron chi connectivity index (χ1n) is 6.18. The normalized spacial score (nSPS) is 19.2. The van der Waals surface area contributed by atoms with Crippen molar-refractivity contribution >= 4 is 11.6 Å². The Hall–Kier alpha value is -0.570. The summed E-state index contributed by atoms with van der Waals surface area (Å²) in [5.74, 6) is 0. The predicted molar refractivity (Wildman–Crippen MR) is 71.4 cm³/mol. The lowest BCUT2D eigenvalue weighted by atomic mass is 9.75. The van der Waals surface area contributed by atoms with Crippen LogP contribution < -0.4 is 5.73 Å². The molecule has 2 nitrogen and oxygen atoms in total. The maximum atomic E-state index is 6.30. The number of hydrogen-bond acceptors (Lipinski definition) is 2. The molecule has 0 amide bonds. The molecule has 0 aliphatic carbocycles. The average Bonchev–Trinajstić information content (AvgIpc) is 2.34. The molecule has 1 aliphatic heterocycles. The van der Waals surface area contributed by atoms with E-state index in [0.717, 1.165) is 37.5 Å². The molecule has 0 atom stereocenters. The van der Waals surface area contributed by atoms with Gasteiger partial charge < -0.3 is 10.5 Å². The van der Waals surface area contributed by atoms with E-state index in [0.29, 0.717) is 6.54 Å². The minimum Gasteiger partial charge on any atom is -0.381 e. The van der Waals surface area contributed by atoms with Gasteiger partial charge >= 0.3 is 0 Å². The first kappa shape index (κ1) is 12.9. The van der Waals surface area contributed by atoms with E-state index in [-0.39, 0.29) is 5.41 Å². The number of aryl methyl sites for hydroxylation is 1. The molecule has 1 saturated heterocycles. The van der Waals surface area contributed by atoms with Gasteiger partial charge in [-0.15, -0.1) is 0 Å². The summed E-state index contributed by atoms with van der Waals surface area (Å²) in [5, 5.41) is 0.865. The van der Waals surface area contributed by atoms with Crippen molar-refractivity contribution in [3.63, 3.8) is 0 Å². The van der Waals surface area contributed by atoms with Gasteiger partial charge in [-0.25, -0.2) is 0 Å². The monoisotopic (exact) mass is 253 g/mol. The van der Waals surface area contributed by atoms with Crippen LogP contribution in [0.4, 0.5) is 0 Å². The van der Waals surface area contributed by atoms with Crippen LogP contribution >= 0.6 is 11.6 Å². The maximum absolute atomic E-state index is 6.30. The standard InChI is InChI=1S/C14H20ClNO/c1-11-2-3-12(13(15)8-11)9-14(10-16)4-6-17-7-5-14/h2-3,8H,4-7,9-10,16H2,1H3. The first-order chi connectivity index (χ1) is 8.15. The number of hydrogen-bond donors (Lipinski definition) is 1. The summed E-state index contributed by atoms with van der Waals surface area (Å²) < 4.78 is 5.43. The van der Waals surface area contributed by atoms with Crippen LogP contribution in [-0.4, -0.2) is 19.8 Å². The summed E-state index contributed by atoms with van der Waals surface area (Å²) in [4.78, 5) is 0. The molecule has 17 heavy (non-hydrogen) atoms. The van der Waals surface area contributed by atoms with Crippen molar-refractivity contribution in [2.24, 2.45) is 11.1 Å². The molecule has 0 saturated carbocycles. The summed E-state index contributed by atoms with van der Waals surface area (Å²) in [6.45, 7) is 4.41. The van der Waals surface area contributed by atoms with Crippen molar-refractivity contribution < 1.29 is 4.74 Å². The SMILES string of the molecule is Cc1ccc(CC2(CN)CCOCC2)c(Cl)c1. The van der Waals surface area contributed by atoms with E-state index in [1.807, 2.05) is 6.07 Å². The van der Waals surface area contributed by atoms with E-state index >= 15 is 0 Å². The van der Waals surface area contributed by atoms with Gasteiger partial charge in [0.15, 0.2) is 0 Å². The van der Waals surface area contributed by atoms with Gasteiger partial charge in [-0.3, -0.25) is 0 Å². The quantitative estimate of drug-likeness (QED) is 0.899. The molecule has 0 aromatic heterocycles. The first-order valence-corrected chi connectivity index (χ1v) is 6.56. The molecule has 1 aliphatic rings. The van der Waals surface area contributed by atoms with Crippen LogP contribution in [0.25, 0.3) is 0 Å². The fraction of sp³-hybridized carbons (Fsp3) is 0.571. The predicted octanol–water partition coefficient (Wildman–Crippen LogP) is 2.95. The van der Waals surface area contributed by atoms with Crippen molar-refractivity contribution in [2.75, 3.05) is 19.8 Å². The van der Waals surface area contributed by atoms with Crippen LogP contribution in [0.5, 0.6) is 0 Å². The average molecular weight is 254 g/mol. The molecule has 0 unspecified atom stereocenters. The highest BCUT2D eigenvalue weighted by Gasteiger charge is 2.31. The Labute approximate surface area is 108 Å². The van der Waals surface area contributed by atoms with E-state index in [2.05, 4.69) is 19.1 Å². The highest BCUT2D eigenvalue weighted by Crippen LogP contribution is 2.35. The van der Waals surface area contributed by atoms with Gasteiger partial charge in [0, 0.05) is 18.2 Å². The zero-order valence-electron chi connectivity index (χ0n) is 10.3. The number of rotatable bonds is 3. The minimum absolute atomic E-state index is 0.178. The molecule has 0 radical (unpaired) electrons. The molecule has 1 aromatic rings. The van der Waals surface area contributed by atoms with Gasteiger partial charge in [0.1, 0.15) is 0 Å².